The van der Waals surface area contributed by atoms with E-state index < -0.39 is 10.0 Å². The normalized spacial score (nSPS) is 18.8. The third kappa shape index (κ3) is 6.47. The van der Waals surface area contributed by atoms with Crippen LogP contribution in [0.1, 0.15) is 45.4 Å². The van der Waals surface area contributed by atoms with Gasteiger partial charge in [-0.05, 0) is 45.0 Å². The maximum atomic E-state index is 11.9. The molecule has 0 aromatic carbocycles. The molecule has 0 aromatic rings. The fraction of sp³-hybridized carbons (Fsp3) is 1.00. The molecule has 1 aliphatic carbocycles. The van der Waals surface area contributed by atoms with Gasteiger partial charge in [-0.15, -0.1) is 0 Å². The van der Waals surface area contributed by atoms with Crippen LogP contribution in [0.3, 0.4) is 0 Å². The zero-order valence-electron chi connectivity index (χ0n) is 12.2. The molecule has 4 nitrogen and oxygen atoms in total. The molecule has 1 fully saturated rings. The van der Waals surface area contributed by atoms with Crippen LogP contribution in [-0.4, -0.2) is 44.8 Å². The van der Waals surface area contributed by atoms with Crippen LogP contribution in [-0.2, 0) is 10.0 Å². The second kappa shape index (κ2) is 8.49. The summed E-state index contributed by atoms with van der Waals surface area (Å²) >= 11 is 1.82. The van der Waals surface area contributed by atoms with E-state index in [1.165, 1.54) is 12.8 Å². The van der Waals surface area contributed by atoms with Crippen LogP contribution in [0.15, 0.2) is 0 Å². The number of hydrogen-bond acceptors (Lipinski definition) is 4. The number of nitrogens with one attached hydrogen (secondary N) is 2. The maximum absolute atomic E-state index is 11.9. The molecule has 0 radical (unpaired) electrons. The van der Waals surface area contributed by atoms with Crippen molar-refractivity contribution < 1.29 is 8.42 Å². The summed E-state index contributed by atoms with van der Waals surface area (Å²) in [5, 5.41) is 3.21. The fourth-order valence-corrected chi connectivity index (χ4v) is 4.73. The van der Waals surface area contributed by atoms with Gasteiger partial charge in [-0.3, -0.25) is 0 Å². The fourth-order valence-electron chi connectivity index (χ4n) is 2.50. The average Bonchev–Trinajstić information content (AvgIpc) is 2.86. The van der Waals surface area contributed by atoms with Crippen LogP contribution in [0.25, 0.3) is 0 Å². The summed E-state index contributed by atoms with van der Waals surface area (Å²) in [7, 11) is -3.10. The number of hydrogen-bond donors (Lipinski definition) is 2. The van der Waals surface area contributed by atoms with Gasteiger partial charge in [-0.2, -0.15) is 11.8 Å². The van der Waals surface area contributed by atoms with Crippen molar-refractivity contribution in [2.24, 2.45) is 0 Å². The van der Waals surface area contributed by atoms with Gasteiger partial charge >= 0.3 is 0 Å². The summed E-state index contributed by atoms with van der Waals surface area (Å²) in [6.07, 6.45) is 8.47. The van der Waals surface area contributed by atoms with Crippen molar-refractivity contribution in [3.05, 3.63) is 0 Å². The second-order valence-electron chi connectivity index (χ2n) is 5.29. The van der Waals surface area contributed by atoms with Gasteiger partial charge in [0.2, 0.25) is 10.0 Å². The summed E-state index contributed by atoms with van der Waals surface area (Å²) < 4.78 is 26.8. The molecule has 6 heteroatoms. The number of rotatable bonds is 10. The summed E-state index contributed by atoms with van der Waals surface area (Å²) in [5.41, 5.74) is 0. The van der Waals surface area contributed by atoms with Crippen molar-refractivity contribution in [1.82, 2.24) is 10.0 Å². The predicted molar refractivity (Wildman–Crippen MR) is 84.3 cm³/mol. The van der Waals surface area contributed by atoms with Gasteiger partial charge in [-0.1, -0.05) is 19.8 Å². The lowest BCUT2D eigenvalue weighted by molar-refractivity contribution is 0.547. The van der Waals surface area contributed by atoms with Crippen molar-refractivity contribution in [3.8, 4) is 0 Å². The molecule has 0 bridgehead atoms. The number of unbranched alkanes of at least 4 members (excludes halogenated alkanes) is 1. The summed E-state index contributed by atoms with van der Waals surface area (Å²) in [5.74, 6) is 0.253. The van der Waals surface area contributed by atoms with Gasteiger partial charge in [0.05, 0.1) is 5.75 Å². The minimum absolute atomic E-state index is 0.150. The molecule has 0 aliphatic heterocycles. The summed E-state index contributed by atoms with van der Waals surface area (Å²) in [6.45, 7) is 4.51. The van der Waals surface area contributed by atoms with Crippen molar-refractivity contribution in [2.45, 2.75) is 50.2 Å². The van der Waals surface area contributed by atoms with Gasteiger partial charge < -0.3 is 5.32 Å². The van der Waals surface area contributed by atoms with Crippen LogP contribution < -0.4 is 10.0 Å². The van der Waals surface area contributed by atoms with Crippen LogP contribution in [0.5, 0.6) is 0 Å². The van der Waals surface area contributed by atoms with E-state index in [2.05, 4.69) is 23.2 Å². The van der Waals surface area contributed by atoms with Gasteiger partial charge in [0.1, 0.15) is 0 Å². The van der Waals surface area contributed by atoms with E-state index in [9.17, 15) is 8.42 Å². The van der Waals surface area contributed by atoms with Crippen LogP contribution in [0.2, 0.25) is 0 Å². The topological polar surface area (TPSA) is 58.2 Å². The minimum Gasteiger partial charge on any atom is -0.317 e. The van der Waals surface area contributed by atoms with E-state index in [4.69, 9.17) is 0 Å². The Labute approximate surface area is 122 Å². The highest BCUT2D eigenvalue weighted by molar-refractivity contribution is 8.00. The largest absolute Gasteiger partial charge is 0.317 e. The molecule has 2 N–H and O–H groups in total. The van der Waals surface area contributed by atoms with Crippen LogP contribution >= 0.6 is 11.8 Å². The van der Waals surface area contributed by atoms with Gasteiger partial charge in [0.25, 0.3) is 0 Å². The van der Waals surface area contributed by atoms with Crippen molar-refractivity contribution >= 4 is 21.8 Å². The Morgan fingerprint density at radius 3 is 2.47 bits per heavy atom. The van der Waals surface area contributed by atoms with E-state index in [1.807, 2.05) is 11.8 Å². The lowest BCUT2D eigenvalue weighted by Crippen LogP contribution is -2.39. The summed E-state index contributed by atoms with van der Waals surface area (Å²) in [4.78, 5) is 0. The molecule has 19 heavy (non-hydrogen) atoms. The molecule has 0 heterocycles. The molecular formula is C13H28N2O2S2. The number of thioether (sulfide) groups is 1. The Balaban J connectivity index is 2.26. The molecule has 0 atom stereocenters. The highest BCUT2D eigenvalue weighted by Gasteiger charge is 2.33. The minimum atomic E-state index is -3.10. The Hall–Kier alpha value is 0.220. The SMILES string of the molecule is CCNCCCCS(=O)(=O)NCC1(SC)CCCC1. The molecule has 114 valence electrons. The highest BCUT2D eigenvalue weighted by Crippen LogP contribution is 2.39. The Kier molecular flexibility index (Phi) is 7.72. The molecule has 0 aromatic heterocycles. The predicted octanol–water partition coefficient (Wildman–Crippen LogP) is 1.97. The average molecular weight is 309 g/mol. The van der Waals surface area contributed by atoms with E-state index in [1.54, 1.807) is 0 Å². The van der Waals surface area contributed by atoms with Gasteiger partial charge in [0, 0.05) is 11.3 Å². The monoisotopic (exact) mass is 308 g/mol. The smallest absolute Gasteiger partial charge is 0.211 e. The van der Waals surface area contributed by atoms with Gasteiger partial charge in [0.15, 0.2) is 0 Å². The van der Waals surface area contributed by atoms with E-state index in [-0.39, 0.29) is 10.5 Å². The zero-order chi connectivity index (χ0) is 14.2. The summed E-state index contributed by atoms with van der Waals surface area (Å²) in [6, 6.07) is 0. The first-order valence-corrected chi connectivity index (χ1v) is 10.1. The first-order chi connectivity index (χ1) is 9.04. The van der Waals surface area contributed by atoms with Crippen molar-refractivity contribution in [3.63, 3.8) is 0 Å². The molecule has 1 aliphatic rings. The molecule has 0 saturated heterocycles. The lowest BCUT2D eigenvalue weighted by Gasteiger charge is -2.26. The molecule has 0 unspecified atom stereocenters. The lowest BCUT2D eigenvalue weighted by atomic mass is 10.1. The van der Waals surface area contributed by atoms with Crippen LogP contribution in [0, 0.1) is 0 Å². The van der Waals surface area contributed by atoms with Crippen molar-refractivity contribution in [2.75, 3.05) is 31.6 Å². The molecule has 1 rings (SSSR count). The Morgan fingerprint density at radius 2 is 1.89 bits per heavy atom. The molecule has 1 saturated carbocycles. The third-order valence-corrected chi connectivity index (χ3v) is 6.66. The highest BCUT2D eigenvalue weighted by atomic mass is 32.2. The molecule has 0 spiro atoms. The first-order valence-electron chi connectivity index (χ1n) is 7.27. The van der Waals surface area contributed by atoms with E-state index >= 15 is 0 Å². The number of sulfonamides is 1. The first kappa shape index (κ1) is 17.3. The maximum Gasteiger partial charge on any atom is 0.211 e. The molecular weight excluding hydrogens is 280 g/mol. The molecule has 0 amide bonds. The Morgan fingerprint density at radius 1 is 1.21 bits per heavy atom. The quantitative estimate of drug-likeness (QED) is 0.606. The van der Waals surface area contributed by atoms with E-state index in [0.29, 0.717) is 6.54 Å². The zero-order valence-corrected chi connectivity index (χ0v) is 13.8. The van der Waals surface area contributed by atoms with Crippen molar-refractivity contribution in [1.29, 1.82) is 0 Å². The Bertz CT molecular complexity index is 339. The standard InChI is InChI=1S/C13H28N2O2S2/c1-3-14-10-6-7-11-19(16,17)15-12-13(18-2)8-4-5-9-13/h14-15H,3-12H2,1-2H3. The van der Waals surface area contributed by atoms with E-state index in [0.717, 1.165) is 38.8 Å². The van der Waals surface area contributed by atoms with Gasteiger partial charge in [-0.25, -0.2) is 13.1 Å². The van der Waals surface area contributed by atoms with Crippen LogP contribution in [0.4, 0.5) is 0 Å². The second-order valence-corrected chi connectivity index (χ2v) is 8.50. The third-order valence-electron chi connectivity index (χ3n) is 3.83.